The Bertz CT molecular complexity index is 1510. The van der Waals surface area contributed by atoms with Gasteiger partial charge >= 0.3 is 6.03 Å². The summed E-state index contributed by atoms with van der Waals surface area (Å²) < 4.78 is 17.2. The highest BCUT2D eigenvalue weighted by atomic mass is 19.1. The van der Waals surface area contributed by atoms with Crippen LogP contribution in [0.25, 0.3) is 0 Å². The molecule has 2 aromatic rings. The number of piperazine rings is 1. The number of hydrogen-bond donors (Lipinski definition) is 2. The van der Waals surface area contributed by atoms with Gasteiger partial charge in [-0.3, -0.25) is 14.4 Å². The van der Waals surface area contributed by atoms with Crippen LogP contribution < -0.4 is 10.6 Å². The van der Waals surface area contributed by atoms with Crippen LogP contribution in [-0.4, -0.2) is 116 Å². The maximum atomic E-state index is 15.9. The summed E-state index contributed by atoms with van der Waals surface area (Å²) in [5.74, 6) is -1.64. The van der Waals surface area contributed by atoms with Crippen LogP contribution in [0.1, 0.15) is 93.9 Å². The second-order valence-electron chi connectivity index (χ2n) is 14.5. The van der Waals surface area contributed by atoms with Gasteiger partial charge in [-0.1, -0.05) is 38.8 Å². The van der Waals surface area contributed by atoms with Gasteiger partial charge < -0.3 is 25.3 Å². The summed E-state index contributed by atoms with van der Waals surface area (Å²) in [6.45, 7) is 10.1. The van der Waals surface area contributed by atoms with Gasteiger partial charge in [0.15, 0.2) is 5.78 Å². The lowest BCUT2D eigenvalue weighted by molar-refractivity contribution is -0.136. The lowest BCUT2D eigenvalue weighted by atomic mass is 9.77. The Labute approximate surface area is 288 Å². The first kappa shape index (κ1) is 36.3. The molecule has 49 heavy (non-hydrogen) atoms. The number of carbonyl (C=O) groups is 4. The third-order valence-corrected chi connectivity index (χ3v) is 10.9. The number of tetrazole rings is 1. The third-order valence-electron chi connectivity index (χ3n) is 10.9. The smallest absolute Gasteiger partial charge is 0.318 e. The van der Waals surface area contributed by atoms with E-state index in [0.29, 0.717) is 31.1 Å². The standard InChI is InChI=1S/C35H52FN9O4/c1-7-45-32(39-40-41-45)33(47)37-31(24-10-8-21(2)9-11-24)29(46)19-26-13-12-25(18-28(26)36)23(4)30(38-35(49)43(6)27-14-15-27)34(48)44-17-16-42(5)22(3)20-44/h12-13,18,21-24,27,30-31H,7-11,14-17,19-20H2,1-6H3,(H,37,47)(H,38,49)/t21?,22-,23+,24?,30-,31+/m1/s1. The number of amides is 4. The number of nitrogens with zero attached hydrogens (tertiary/aromatic N) is 7. The zero-order valence-electron chi connectivity index (χ0n) is 29.7. The van der Waals surface area contributed by atoms with Crippen LogP contribution in [0.4, 0.5) is 9.18 Å². The molecule has 1 aliphatic heterocycles. The summed E-state index contributed by atoms with van der Waals surface area (Å²) in [5.41, 5.74) is 0.747. The first-order chi connectivity index (χ1) is 23.4. The first-order valence-electron chi connectivity index (χ1n) is 17.8. The molecule has 1 saturated heterocycles. The molecule has 2 N–H and O–H groups in total. The topological polar surface area (TPSA) is 146 Å². The van der Waals surface area contributed by atoms with Crippen LogP contribution in [0.2, 0.25) is 0 Å². The van der Waals surface area contributed by atoms with E-state index in [1.165, 1.54) is 10.7 Å². The van der Waals surface area contributed by atoms with Crippen molar-refractivity contribution in [3.63, 3.8) is 0 Å². The van der Waals surface area contributed by atoms with Crippen LogP contribution >= 0.6 is 0 Å². The molecule has 14 heteroatoms. The molecule has 4 amide bonds. The Balaban J connectivity index is 1.33. The molecule has 0 radical (unpaired) electrons. The van der Waals surface area contributed by atoms with Gasteiger partial charge in [0, 0.05) is 57.6 Å². The Morgan fingerprint density at radius 1 is 1.04 bits per heavy atom. The number of aryl methyl sites for hydroxylation is 1. The molecule has 2 heterocycles. The van der Waals surface area contributed by atoms with E-state index in [0.717, 1.165) is 45.1 Å². The van der Waals surface area contributed by atoms with Gasteiger partial charge in [0.2, 0.25) is 11.7 Å². The van der Waals surface area contributed by atoms with Gasteiger partial charge in [0.25, 0.3) is 5.91 Å². The van der Waals surface area contributed by atoms with Crippen molar-refractivity contribution >= 4 is 23.6 Å². The predicted molar refractivity (Wildman–Crippen MR) is 181 cm³/mol. The summed E-state index contributed by atoms with van der Waals surface area (Å²) in [4.78, 5) is 59.8. The number of ketones is 1. The van der Waals surface area contributed by atoms with Crippen molar-refractivity contribution < 1.29 is 23.6 Å². The number of carbonyl (C=O) groups excluding carboxylic acids is 4. The highest BCUT2D eigenvalue weighted by Gasteiger charge is 2.38. The third kappa shape index (κ3) is 8.63. The molecule has 5 rings (SSSR count). The van der Waals surface area contributed by atoms with Crippen molar-refractivity contribution in [1.82, 2.24) is 45.5 Å². The molecule has 0 unspecified atom stereocenters. The molecule has 1 aromatic heterocycles. The first-order valence-corrected chi connectivity index (χ1v) is 17.8. The number of likely N-dealkylation sites (N-methyl/N-ethyl adjacent to an activating group) is 1. The van der Waals surface area contributed by atoms with E-state index in [-0.39, 0.29) is 53.5 Å². The van der Waals surface area contributed by atoms with Gasteiger partial charge in [0.05, 0.1) is 6.04 Å². The van der Waals surface area contributed by atoms with E-state index < -0.39 is 29.7 Å². The molecule has 268 valence electrons. The number of nitrogens with one attached hydrogen (secondary N) is 2. The van der Waals surface area contributed by atoms with Gasteiger partial charge in [-0.25, -0.2) is 13.9 Å². The van der Waals surface area contributed by atoms with Crippen LogP contribution in [0, 0.1) is 17.7 Å². The van der Waals surface area contributed by atoms with Gasteiger partial charge in [-0.15, -0.1) is 5.10 Å². The van der Waals surface area contributed by atoms with Gasteiger partial charge in [-0.2, -0.15) is 0 Å². The lowest BCUT2D eigenvalue weighted by Crippen LogP contribution is -2.59. The van der Waals surface area contributed by atoms with Crippen molar-refractivity contribution in [2.45, 2.75) is 109 Å². The molecule has 0 spiro atoms. The Hall–Kier alpha value is -3.94. The van der Waals surface area contributed by atoms with E-state index in [2.05, 4.69) is 44.9 Å². The summed E-state index contributed by atoms with van der Waals surface area (Å²) in [6.07, 6.45) is 5.09. The molecule has 0 bridgehead atoms. The van der Waals surface area contributed by atoms with Crippen molar-refractivity contribution in [2.24, 2.45) is 11.8 Å². The molecule has 3 aliphatic rings. The lowest BCUT2D eigenvalue weighted by Gasteiger charge is -2.40. The molecule has 2 saturated carbocycles. The number of benzene rings is 1. The fourth-order valence-electron chi connectivity index (χ4n) is 7.06. The van der Waals surface area contributed by atoms with E-state index >= 15 is 4.39 Å². The molecule has 2 aliphatic carbocycles. The van der Waals surface area contributed by atoms with Crippen LogP contribution in [0.5, 0.6) is 0 Å². The van der Waals surface area contributed by atoms with Gasteiger partial charge in [-0.05, 0) is 86.0 Å². The highest BCUT2D eigenvalue weighted by molar-refractivity contribution is 5.96. The van der Waals surface area contributed by atoms with Crippen molar-refractivity contribution in [3.05, 3.63) is 41.0 Å². The fraction of sp³-hybridized carbons (Fsp3) is 0.686. The van der Waals surface area contributed by atoms with Crippen LogP contribution in [0.15, 0.2) is 18.2 Å². The average Bonchev–Trinajstić information content (AvgIpc) is 3.83. The molecular weight excluding hydrogens is 629 g/mol. The van der Waals surface area contributed by atoms with Gasteiger partial charge in [0.1, 0.15) is 11.9 Å². The quantitative estimate of drug-likeness (QED) is 0.348. The molecule has 13 nitrogen and oxygen atoms in total. The summed E-state index contributed by atoms with van der Waals surface area (Å²) in [7, 11) is 3.76. The SMILES string of the molecule is CCn1nnnc1C(=O)N[C@H](C(=O)Cc1ccc([C@H](C)[C@@H](NC(=O)N(C)C2CC2)C(=O)N2CCN(C)[C@H](C)C2)cc1F)C1CCC(C)CC1. The van der Waals surface area contributed by atoms with E-state index in [4.69, 9.17) is 0 Å². The minimum atomic E-state index is -0.899. The minimum absolute atomic E-state index is 0.0274. The molecule has 1 aromatic carbocycles. The monoisotopic (exact) mass is 681 g/mol. The number of rotatable bonds is 12. The zero-order chi connectivity index (χ0) is 35.4. The van der Waals surface area contributed by atoms with E-state index in [1.54, 1.807) is 29.0 Å². The predicted octanol–water partition coefficient (Wildman–Crippen LogP) is 3.01. The zero-order valence-corrected chi connectivity index (χ0v) is 29.7. The molecule has 3 fully saturated rings. The average molecular weight is 682 g/mol. The number of urea groups is 1. The fourth-order valence-corrected chi connectivity index (χ4v) is 7.06. The highest BCUT2D eigenvalue weighted by Crippen LogP contribution is 2.32. The maximum Gasteiger partial charge on any atom is 0.318 e. The second kappa shape index (κ2) is 15.7. The number of Topliss-reactive ketones (excluding diaryl/α,β-unsaturated/α-hetero) is 1. The number of halogens is 1. The van der Waals surface area contributed by atoms with Crippen molar-refractivity contribution in [1.29, 1.82) is 0 Å². The summed E-state index contributed by atoms with van der Waals surface area (Å²) >= 11 is 0. The largest absolute Gasteiger partial charge is 0.339 e. The Morgan fingerprint density at radius 3 is 2.39 bits per heavy atom. The number of aromatic nitrogens is 4. The van der Waals surface area contributed by atoms with E-state index in [1.807, 2.05) is 20.9 Å². The minimum Gasteiger partial charge on any atom is -0.339 e. The summed E-state index contributed by atoms with van der Waals surface area (Å²) in [5, 5.41) is 17.1. The van der Waals surface area contributed by atoms with E-state index in [9.17, 15) is 19.2 Å². The Morgan fingerprint density at radius 2 is 1.76 bits per heavy atom. The Kier molecular flexibility index (Phi) is 11.7. The second-order valence-corrected chi connectivity index (χ2v) is 14.5. The molecule has 4 atom stereocenters. The number of hydrogen-bond acceptors (Lipinski definition) is 8. The van der Waals surface area contributed by atoms with Crippen molar-refractivity contribution in [3.8, 4) is 0 Å². The maximum absolute atomic E-state index is 15.9. The van der Waals surface area contributed by atoms with Crippen LogP contribution in [0.3, 0.4) is 0 Å². The van der Waals surface area contributed by atoms with Crippen molar-refractivity contribution in [2.75, 3.05) is 33.7 Å². The summed E-state index contributed by atoms with van der Waals surface area (Å²) in [6, 6.07) is 2.96. The normalized spacial score (nSPS) is 23.3. The molecular formula is C35H52FN9O4. The van der Waals surface area contributed by atoms with Crippen LogP contribution in [-0.2, 0) is 22.6 Å².